The molecule has 0 atom stereocenters. The van der Waals surface area contributed by atoms with Crippen molar-refractivity contribution in [2.24, 2.45) is 5.73 Å². The first kappa shape index (κ1) is 10.5. The van der Waals surface area contributed by atoms with E-state index >= 15 is 0 Å². The predicted octanol–water partition coefficient (Wildman–Crippen LogP) is 1.21. The van der Waals surface area contributed by atoms with Gasteiger partial charge in [-0.15, -0.1) is 0 Å². The summed E-state index contributed by atoms with van der Waals surface area (Å²) in [4.78, 5) is 15.8. The highest BCUT2D eigenvalue weighted by molar-refractivity contribution is 7.80. The lowest BCUT2D eigenvalue weighted by atomic mass is 10.2. The third kappa shape index (κ3) is 2.14. The van der Waals surface area contributed by atoms with Gasteiger partial charge in [0.2, 0.25) is 0 Å². The molecule has 0 bridgehead atoms. The number of benzene rings is 1. The predicted molar refractivity (Wildman–Crippen MR) is 66.0 cm³/mol. The van der Waals surface area contributed by atoms with Crippen molar-refractivity contribution in [1.82, 2.24) is 10.3 Å². The lowest BCUT2D eigenvalue weighted by Gasteiger charge is -2.03. The van der Waals surface area contributed by atoms with Crippen LogP contribution in [0.25, 0.3) is 10.9 Å². The van der Waals surface area contributed by atoms with E-state index in [9.17, 15) is 4.79 Å². The maximum Gasteiger partial charge on any atom is 0.276 e. The number of nitrogens with zero attached hydrogens (tertiary/aromatic N) is 1. The smallest absolute Gasteiger partial charge is 0.276 e. The molecule has 0 radical (unpaired) electrons. The van der Waals surface area contributed by atoms with Gasteiger partial charge in [0.05, 0.1) is 5.52 Å². The third-order valence-corrected chi connectivity index (χ3v) is 2.17. The Balaban J connectivity index is 2.39. The number of rotatable bonds is 1. The van der Waals surface area contributed by atoms with E-state index in [0.29, 0.717) is 5.69 Å². The molecule has 80 valence electrons. The molecule has 0 unspecified atom stereocenters. The number of amides is 1. The van der Waals surface area contributed by atoms with Crippen LogP contribution in [0.15, 0.2) is 36.4 Å². The minimum absolute atomic E-state index is 0.0556. The number of pyridine rings is 1. The van der Waals surface area contributed by atoms with E-state index in [1.807, 2.05) is 30.3 Å². The van der Waals surface area contributed by atoms with E-state index < -0.39 is 5.91 Å². The summed E-state index contributed by atoms with van der Waals surface area (Å²) in [5, 5.41) is 3.26. The summed E-state index contributed by atoms with van der Waals surface area (Å²) in [7, 11) is 0. The van der Waals surface area contributed by atoms with E-state index in [0.717, 1.165) is 10.9 Å². The summed E-state index contributed by atoms with van der Waals surface area (Å²) in [5.41, 5.74) is 6.27. The molecule has 0 saturated carbocycles. The first-order chi connectivity index (χ1) is 7.66. The Morgan fingerprint density at radius 3 is 2.75 bits per heavy atom. The first-order valence-electron chi connectivity index (χ1n) is 4.63. The van der Waals surface area contributed by atoms with Gasteiger partial charge in [0, 0.05) is 5.39 Å². The number of carbonyl (C=O) groups is 1. The van der Waals surface area contributed by atoms with E-state index in [-0.39, 0.29) is 5.11 Å². The molecular weight excluding hydrogens is 222 g/mol. The summed E-state index contributed by atoms with van der Waals surface area (Å²) in [6, 6.07) is 11.0. The van der Waals surface area contributed by atoms with Crippen molar-refractivity contribution < 1.29 is 4.79 Å². The zero-order valence-corrected chi connectivity index (χ0v) is 9.12. The summed E-state index contributed by atoms with van der Waals surface area (Å²) in [6.45, 7) is 0. The van der Waals surface area contributed by atoms with E-state index in [2.05, 4.69) is 22.5 Å². The minimum Gasteiger partial charge on any atom is -0.376 e. The minimum atomic E-state index is -0.391. The number of carbonyl (C=O) groups excluding carboxylic acids is 1. The molecule has 0 aliphatic carbocycles. The highest BCUT2D eigenvalue weighted by atomic mass is 32.1. The number of nitrogens with two attached hydrogens (primary N) is 1. The van der Waals surface area contributed by atoms with E-state index in [1.165, 1.54) is 0 Å². The lowest BCUT2D eigenvalue weighted by molar-refractivity contribution is 0.0973. The van der Waals surface area contributed by atoms with Crippen LogP contribution in [0.5, 0.6) is 0 Å². The van der Waals surface area contributed by atoms with Crippen molar-refractivity contribution in [3.63, 3.8) is 0 Å². The molecule has 4 nitrogen and oxygen atoms in total. The number of para-hydroxylation sites is 1. The fourth-order valence-corrected chi connectivity index (χ4v) is 1.46. The van der Waals surface area contributed by atoms with Crippen LogP contribution in [0.1, 0.15) is 10.5 Å². The number of fused-ring (bicyclic) bond motifs is 1. The fourth-order valence-electron chi connectivity index (χ4n) is 1.37. The van der Waals surface area contributed by atoms with Gasteiger partial charge in [0.25, 0.3) is 5.91 Å². The second-order valence-electron chi connectivity index (χ2n) is 3.21. The molecule has 16 heavy (non-hydrogen) atoms. The Bertz CT molecular complexity index is 568. The average molecular weight is 231 g/mol. The summed E-state index contributed by atoms with van der Waals surface area (Å²) < 4.78 is 0. The van der Waals surface area contributed by atoms with Gasteiger partial charge in [-0.25, -0.2) is 4.98 Å². The Morgan fingerprint density at radius 2 is 2.00 bits per heavy atom. The molecule has 1 heterocycles. The van der Waals surface area contributed by atoms with Crippen LogP contribution in [-0.2, 0) is 0 Å². The van der Waals surface area contributed by atoms with Crippen molar-refractivity contribution in [1.29, 1.82) is 0 Å². The van der Waals surface area contributed by atoms with Crippen molar-refractivity contribution in [2.75, 3.05) is 0 Å². The first-order valence-corrected chi connectivity index (χ1v) is 5.04. The zero-order chi connectivity index (χ0) is 11.5. The molecule has 0 spiro atoms. The van der Waals surface area contributed by atoms with E-state index in [4.69, 9.17) is 5.73 Å². The van der Waals surface area contributed by atoms with Crippen LogP contribution in [0.3, 0.4) is 0 Å². The van der Waals surface area contributed by atoms with Crippen LogP contribution in [0.2, 0.25) is 0 Å². The zero-order valence-electron chi connectivity index (χ0n) is 8.31. The highest BCUT2D eigenvalue weighted by Gasteiger charge is 2.07. The van der Waals surface area contributed by atoms with Crippen LogP contribution >= 0.6 is 12.2 Å². The Morgan fingerprint density at radius 1 is 1.25 bits per heavy atom. The molecule has 2 rings (SSSR count). The second kappa shape index (κ2) is 4.24. The molecule has 0 aliphatic rings. The second-order valence-corrected chi connectivity index (χ2v) is 3.65. The Hall–Kier alpha value is -2.01. The quantitative estimate of drug-likeness (QED) is 0.724. The molecule has 3 N–H and O–H groups in total. The highest BCUT2D eigenvalue weighted by Crippen LogP contribution is 2.11. The number of nitrogens with one attached hydrogen (secondary N) is 1. The van der Waals surface area contributed by atoms with Crippen molar-refractivity contribution in [3.8, 4) is 0 Å². The monoisotopic (exact) mass is 231 g/mol. The number of hydrogen-bond donors (Lipinski definition) is 2. The molecule has 1 aromatic carbocycles. The van der Waals surface area contributed by atoms with E-state index in [1.54, 1.807) is 6.07 Å². The van der Waals surface area contributed by atoms with Gasteiger partial charge in [0.15, 0.2) is 5.11 Å². The maximum absolute atomic E-state index is 11.6. The molecule has 5 heteroatoms. The van der Waals surface area contributed by atoms with Gasteiger partial charge in [-0.3, -0.25) is 10.1 Å². The normalized spacial score (nSPS) is 10.0. The Kier molecular flexibility index (Phi) is 2.78. The molecule has 0 saturated heterocycles. The van der Waals surface area contributed by atoms with Gasteiger partial charge in [0.1, 0.15) is 5.69 Å². The largest absolute Gasteiger partial charge is 0.376 e. The molecule has 2 aromatic rings. The molecule has 0 aliphatic heterocycles. The molecular formula is C11H9N3OS. The lowest BCUT2D eigenvalue weighted by Crippen LogP contribution is -2.35. The maximum atomic E-state index is 11.6. The summed E-state index contributed by atoms with van der Waals surface area (Å²) >= 11 is 4.59. The van der Waals surface area contributed by atoms with Gasteiger partial charge in [-0.2, -0.15) is 0 Å². The molecule has 1 amide bonds. The van der Waals surface area contributed by atoms with Crippen molar-refractivity contribution >= 4 is 34.1 Å². The topological polar surface area (TPSA) is 68.0 Å². The summed E-state index contributed by atoms with van der Waals surface area (Å²) in [5.74, 6) is -0.391. The number of thiocarbonyl (C=S) groups is 1. The van der Waals surface area contributed by atoms with Gasteiger partial charge in [-0.1, -0.05) is 24.3 Å². The van der Waals surface area contributed by atoms with Gasteiger partial charge in [-0.05, 0) is 24.4 Å². The SMILES string of the molecule is NC(=S)NC(=O)c1ccc2ccccc2n1. The van der Waals surface area contributed by atoms with Gasteiger partial charge >= 0.3 is 0 Å². The molecule has 1 aromatic heterocycles. The van der Waals surface area contributed by atoms with Crippen LogP contribution in [-0.4, -0.2) is 16.0 Å². The standard InChI is InChI=1S/C11H9N3OS/c12-11(16)14-10(15)9-6-5-7-3-1-2-4-8(7)13-9/h1-6H,(H3,12,14,15,16). The Labute approximate surface area is 97.5 Å². The number of hydrogen-bond acceptors (Lipinski definition) is 3. The van der Waals surface area contributed by atoms with Crippen LogP contribution < -0.4 is 11.1 Å². The van der Waals surface area contributed by atoms with Crippen LogP contribution in [0, 0.1) is 0 Å². The van der Waals surface area contributed by atoms with Crippen molar-refractivity contribution in [2.45, 2.75) is 0 Å². The number of aromatic nitrogens is 1. The average Bonchev–Trinajstić information content (AvgIpc) is 2.27. The fraction of sp³-hybridized carbons (Fsp3) is 0. The third-order valence-electron chi connectivity index (χ3n) is 2.07. The van der Waals surface area contributed by atoms with Gasteiger partial charge < -0.3 is 5.73 Å². The van der Waals surface area contributed by atoms with Crippen LogP contribution in [0.4, 0.5) is 0 Å². The summed E-state index contributed by atoms with van der Waals surface area (Å²) in [6.07, 6.45) is 0. The van der Waals surface area contributed by atoms with Crippen molar-refractivity contribution in [3.05, 3.63) is 42.1 Å². The molecule has 0 fully saturated rings.